The molecular formula is C25H28N4O3. The van der Waals surface area contributed by atoms with E-state index >= 15 is 0 Å². The number of pyridine rings is 1. The van der Waals surface area contributed by atoms with Crippen LogP contribution in [0.1, 0.15) is 56.9 Å². The number of nitrogens with one attached hydrogen (secondary N) is 1. The van der Waals surface area contributed by atoms with E-state index in [-0.39, 0.29) is 18.0 Å². The van der Waals surface area contributed by atoms with Crippen LogP contribution in [-0.2, 0) is 16.0 Å². The summed E-state index contributed by atoms with van der Waals surface area (Å²) in [7, 11) is 0. The van der Waals surface area contributed by atoms with Gasteiger partial charge in [-0.1, -0.05) is 37.5 Å². The number of hydrogen-bond acceptors (Lipinski definition) is 5. The number of amides is 4. The Kier molecular flexibility index (Phi) is 4.49. The van der Waals surface area contributed by atoms with Crippen LogP contribution in [0.25, 0.3) is 10.9 Å². The molecule has 3 aliphatic heterocycles. The normalized spacial score (nSPS) is 28.6. The van der Waals surface area contributed by atoms with Crippen molar-refractivity contribution in [2.45, 2.75) is 69.9 Å². The molecule has 4 amide bonds. The first kappa shape index (κ1) is 19.7. The van der Waals surface area contributed by atoms with E-state index in [1.54, 1.807) is 0 Å². The first-order valence-corrected chi connectivity index (χ1v) is 11.9. The van der Waals surface area contributed by atoms with Crippen LogP contribution in [-0.4, -0.2) is 46.4 Å². The van der Waals surface area contributed by atoms with Gasteiger partial charge in [-0.25, -0.2) is 9.78 Å². The third-order valence-electron chi connectivity index (χ3n) is 7.98. The van der Waals surface area contributed by atoms with Gasteiger partial charge >= 0.3 is 6.03 Å². The van der Waals surface area contributed by atoms with Crippen molar-refractivity contribution in [3.63, 3.8) is 0 Å². The Hall–Kier alpha value is -2.96. The van der Waals surface area contributed by atoms with E-state index in [1.165, 1.54) is 4.90 Å². The van der Waals surface area contributed by atoms with Crippen LogP contribution >= 0.6 is 0 Å². The average Bonchev–Trinajstić information content (AvgIpc) is 2.82. The lowest BCUT2D eigenvalue weighted by atomic mass is 9.66. The highest BCUT2D eigenvalue weighted by Crippen LogP contribution is 2.48. The topological polar surface area (TPSA) is 82.6 Å². The molecule has 7 heteroatoms. The summed E-state index contributed by atoms with van der Waals surface area (Å²) in [5, 5.41) is 3.60. The van der Waals surface area contributed by atoms with Gasteiger partial charge in [0.05, 0.1) is 11.6 Å². The number of barbiturate groups is 1. The second-order valence-electron chi connectivity index (χ2n) is 9.74. The summed E-state index contributed by atoms with van der Waals surface area (Å²) in [5.41, 5.74) is 0.566. The molecule has 166 valence electrons. The molecule has 0 radical (unpaired) electrons. The van der Waals surface area contributed by atoms with E-state index in [1.807, 2.05) is 24.3 Å². The largest absolute Gasteiger partial charge is 0.352 e. The van der Waals surface area contributed by atoms with E-state index in [0.29, 0.717) is 6.42 Å². The van der Waals surface area contributed by atoms with Crippen LogP contribution in [0.4, 0.5) is 10.6 Å². The van der Waals surface area contributed by atoms with E-state index in [4.69, 9.17) is 4.98 Å². The lowest BCUT2D eigenvalue weighted by Gasteiger charge is -2.54. The highest BCUT2D eigenvalue weighted by molar-refractivity contribution is 6.20. The molecule has 6 rings (SSSR count). The standard InChI is InChI=1S/C25H28N4O3/c30-22-25(23(31)29(24(32)27-22)18-9-2-1-3-10-18)15-17-14-16-8-4-5-11-19(16)26-21(17)28-13-7-6-12-20(25)28/h4-5,8,11,14,18,20H,1-3,6-7,9-10,12-13,15H2,(H,27,30,32)/t20-,25-/m0/s1. The molecule has 1 saturated carbocycles. The molecule has 3 fully saturated rings. The van der Waals surface area contributed by atoms with Crippen molar-refractivity contribution in [1.29, 1.82) is 0 Å². The minimum atomic E-state index is -1.27. The molecule has 7 nitrogen and oxygen atoms in total. The van der Waals surface area contributed by atoms with Crippen molar-refractivity contribution in [1.82, 2.24) is 15.2 Å². The van der Waals surface area contributed by atoms with E-state index in [9.17, 15) is 14.4 Å². The van der Waals surface area contributed by atoms with Crippen LogP contribution in [0.5, 0.6) is 0 Å². The fourth-order valence-electron chi connectivity index (χ4n) is 6.44. The summed E-state index contributed by atoms with van der Waals surface area (Å²) in [5.74, 6) is 0.157. The summed E-state index contributed by atoms with van der Waals surface area (Å²) in [6.07, 6.45) is 7.80. The van der Waals surface area contributed by atoms with Gasteiger partial charge < -0.3 is 4.90 Å². The molecule has 1 aliphatic carbocycles. The molecular weight excluding hydrogens is 404 g/mol. The number of hydrogen-bond donors (Lipinski definition) is 1. The first-order chi connectivity index (χ1) is 15.6. The van der Waals surface area contributed by atoms with Crippen molar-refractivity contribution >= 4 is 34.6 Å². The molecule has 1 spiro atoms. The van der Waals surface area contributed by atoms with E-state index in [2.05, 4.69) is 16.3 Å². The number of carbonyl (C=O) groups is 3. The van der Waals surface area contributed by atoms with Crippen LogP contribution < -0.4 is 10.2 Å². The summed E-state index contributed by atoms with van der Waals surface area (Å²) >= 11 is 0. The Bertz CT molecular complexity index is 1130. The van der Waals surface area contributed by atoms with Crippen LogP contribution in [0.3, 0.4) is 0 Å². The lowest BCUT2D eigenvalue weighted by Crippen LogP contribution is -2.73. The second-order valence-corrected chi connectivity index (χ2v) is 9.74. The third-order valence-corrected chi connectivity index (χ3v) is 7.98. The Morgan fingerprint density at radius 1 is 0.969 bits per heavy atom. The Morgan fingerprint density at radius 3 is 2.59 bits per heavy atom. The maximum absolute atomic E-state index is 14.1. The highest BCUT2D eigenvalue weighted by atomic mass is 16.2. The van der Waals surface area contributed by atoms with Gasteiger partial charge in [0.1, 0.15) is 5.82 Å². The number of imide groups is 2. The minimum Gasteiger partial charge on any atom is -0.352 e. The summed E-state index contributed by atoms with van der Waals surface area (Å²) < 4.78 is 0. The van der Waals surface area contributed by atoms with Gasteiger partial charge in [0, 0.05) is 24.4 Å². The van der Waals surface area contributed by atoms with Gasteiger partial charge in [0.2, 0.25) is 11.8 Å². The van der Waals surface area contributed by atoms with Crippen molar-refractivity contribution in [2.24, 2.45) is 5.41 Å². The Morgan fingerprint density at radius 2 is 1.75 bits per heavy atom. The second kappa shape index (κ2) is 7.29. The number of para-hydroxylation sites is 1. The van der Waals surface area contributed by atoms with Crippen molar-refractivity contribution < 1.29 is 14.4 Å². The number of rotatable bonds is 1. The number of urea groups is 1. The van der Waals surface area contributed by atoms with Crippen molar-refractivity contribution in [2.75, 3.05) is 11.4 Å². The lowest BCUT2D eigenvalue weighted by molar-refractivity contribution is -0.156. The monoisotopic (exact) mass is 432 g/mol. The van der Waals surface area contributed by atoms with Gasteiger partial charge in [-0.05, 0) is 49.8 Å². The fourth-order valence-corrected chi connectivity index (χ4v) is 6.44. The van der Waals surface area contributed by atoms with E-state index < -0.39 is 17.4 Å². The zero-order valence-electron chi connectivity index (χ0n) is 18.2. The van der Waals surface area contributed by atoms with Crippen LogP contribution in [0, 0.1) is 5.41 Å². The molecule has 0 unspecified atom stereocenters. The van der Waals surface area contributed by atoms with Gasteiger partial charge in [-0.2, -0.15) is 0 Å². The zero-order valence-corrected chi connectivity index (χ0v) is 18.2. The average molecular weight is 433 g/mol. The molecule has 32 heavy (non-hydrogen) atoms. The number of piperidine rings is 1. The molecule has 2 aromatic rings. The number of benzene rings is 1. The van der Waals surface area contributed by atoms with Gasteiger partial charge in [-0.15, -0.1) is 0 Å². The summed E-state index contributed by atoms with van der Waals surface area (Å²) in [6.45, 7) is 0.767. The van der Waals surface area contributed by atoms with Crippen molar-refractivity contribution in [3.8, 4) is 0 Å². The number of aromatic nitrogens is 1. The van der Waals surface area contributed by atoms with Gasteiger partial charge in [0.25, 0.3) is 0 Å². The molecule has 4 aliphatic rings. The molecule has 1 aromatic heterocycles. The number of nitrogens with zero attached hydrogens (tertiary/aromatic N) is 3. The smallest absolute Gasteiger partial charge is 0.331 e. The number of anilines is 1. The molecule has 4 heterocycles. The first-order valence-electron chi connectivity index (χ1n) is 11.9. The summed E-state index contributed by atoms with van der Waals surface area (Å²) in [4.78, 5) is 49.1. The summed E-state index contributed by atoms with van der Waals surface area (Å²) in [6, 6.07) is 9.11. The van der Waals surface area contributed by atoms with Crippen LogP contribution in [0.15, 0.2) is 30.3 Å². The Labute approximate surface area is 187 Å². The fraction of sp³-hybridized carbons (Fsp3) is 0.520. The SMILES string of the molecule is O=C1NC(=O)[C@@]2(Cc3cc4ccccc4nc3N3CCCC[C@H]32)C(=O)N1C1CCCCC1. The minimum absolute atomic E-state index is 0.116. The predicted molar refractivity (Wildman–Crippen MR) is 120 cm³/mol. The maximum atomic E-state index is 14.1. The maximum Gasteiger partial charge on any atom is 0.331 e. The third kappa shape index (κ3) is 2.72. The van der Waals surface area contributed by atoms with E-state index in [0.717, 1.165) is 80.2 Å². The molecule has 0 bridgehead atoms. The highest BCUT2D eigenvalue weighted by Gasteiger charge is 2.63. The van der Waals surface area contributed by atoms with Gasteiger partial charge in [0.15, 0.2) is 5.41 Å². The Balaban J connectivity index is 1.49. The van der Waals surface area contributed by atoms with Crippen molar-refractivity contribution in [3.05, 3.63) is 35.9 Å². The van der Waals surface area contributed by atoms with Crippen LogP contribution in [0.2, 0.25) is 0 Å². The predicted octanol–water partition coefficient (Wildman–Crippen LogP) is 3.55. The molecule has 2 saturated heterocycles. The molecule has 2 atom stereocenters. The zero-order chi connectivity index (χ0) is 21.9. The number of fused-ring (bicyclic) bond motifs is 5. The number of carbonyl (C=O) groups excluding carboxylic acids is 3. The van der Waals surface area contributed by atoms with Gasteiger partial charge in [-0.3, -0.25) is 19.8 Å². The quantitative estimate of drug-likeness (QED) is 0.697. The molecule has 1 aromatic carbocycles. The molecule has 1 N–H and O–H groups in total.